The van der Waals surface area contributed by atoms with Gasteiger partial charge in [-0.05, 0) is 43.4 Å². The van der Waals surface area contributed by atoms with Crippen molar-refractivity contribution in [2.75, 3.05) is 32.8 Å². The van der Waals surface area contributed by atoms with Crippen LogP contribution in [0.25, 0.3) is 0 Å². The van der Waals surface area contributed by atoms with E-state index in [1.54, 1.807) is 17.3 Å². The summed E-state index contributed by atoms with van der Waals surface area (Å²) < 4.78 is 0. The smallest absolute Gasteiger partial charge is 0.222 e. The van der Waals surface area contributed by atoms with Crippen molar-refractivity contribution in [3.63, 3.8) is 0 Å². The molecule has 0 aliphatic carbocycles. The number of carbonyl (C=O) groups is 2. The highest BCUT2D eigenvalue weighted by molar-refractivity contribution is 5.78. The normalized spacial score (nSPS) is 24.0. The molecule has 2 aliphatic rings. The van der Waals surface area contributed by atoms with Gasteiger partial charge in [-0.3, -0.25) is 14.6 Å². The fourth-order valence-electron chi connectivity index (χ4n) is 4.14. The van der Waals surface area contributed by atoms with Gasteiger partial charge >= 0.3 is 0 Å². The molecule has 6 nitrogen and oxygen atoms in total. The molecule has 0 radical (unpaired) electrons. The molecule has 3 rings (SSSR count). The highest BCUT2D eigenvalue weighted by Gasteiger charge is 2.42. The summed E-state index contributed by atoms with van der Waals surface area (Å²) in [6, 6.07) is 3.90. The van der Waals surface area contributed by atoms with Crippen LogP contribution in [-0.4, -0.2) is 64.5 Å². The van der Waals surface area contributed by atoms with Gasteiger partial charge in [0.05, 0.1) is 6.61 Å². The zero-order chi connectivity index (χ0) is 17.7. The number of aryl methyl sites for hydroxylation is 1. The predicted octanol–water partition coefficient (Wildman–Crippen LogP) is 1.24. The number of β-amino-alcohol motifs (C(OH)–C–C–N with tert-alkyl or cyclic N) is 1. The highest BCUT2D eigenvalue weighted by Crippen LogP contribution is 2.39. The number of carbonyl (C=O) groups excluding carboxylic acids is 2. The van der Waals surface area contributed by atoms with E-state index in [0.717, 1.165) is 44.3 Å². The second-order valence-electron chi connectivity index (χ2n) is 7.31. The number of piperidine rings is 2. The third-order valence-electron chi connectivity index (χ3n) is 5.51. The van der Waals surface area contributed by atoms with E-state index in [-0.39, 0.29) is 23.8 Å². The van der Waals surface area contributed by atoms with Crippen LogP contribution in [-0.2, 0) is 16.0 Å². The minimum Gasteiger partial charge on any atom is -0.395 e. The van der Waals surface area contributed by atoms with E-state index in [0.29, 0.717) is 25.9 Å². The maximum Gasteiger partial charge on any atom is 0.222 e. The molecular formula is C19H27N3O3. The standard InChI is InChI=1S/C19H27N3O3/c23-13-12-22-15-19(8-4-18(22)25)7-1-11-21(14-19)17(24)3-2-16-5-9-20-10-6-16/h5-6,9-10,23H,1-4,7-8,11-15H2/t19-/m1/s1. The second-order valence-corrected chi connectivity index (χ2v) is 7.31. The molecule has 6 heteroatoms. The fraction of sp³-hybridized carbons (Fsp3) is 0.632. The van der Waals surface area contributed by atoms with E-state index in [4.69, 9.17) is 0 Å². The quantitative estimate of drug-likeness (QED) is 0.871. The topological polar surface area (TPSA) is 73.7 Å². The Kier molecular flexibility index (Phi) is 5.68. The summed E-state index contributed by atoms with van der Waals surface area (Å²) in [6.07, 6.45) is 8.17. The molecule has 2 aliphatic heterocycles. The van der Waals surface area contributed by atoms with Crippen molar-refractivity contribution in [2.24, 2.45) is 5.41 Å². The summed E-state index contributed by atoms with van der Waals surface area (Å²) in [7, 11) is 0. The number of hydrogen-bond acceptors (Lipinski definition) is 4. The summed E-state index contributed by atoms with van der Waals surface area (Å²) >= 11 is 0. The summed E-state index contributed by atoms with van der Waals surface area (Å²) in [5.74, 6) is 0.322. The molecule has 25 heavy (non-hydrogen) atoms. The van der Waals surface area contributed by atoms with E-state index >= 15 is 0 Å². The van der Waals surface area contributed by atoms with Crippen LogP contribution in [0.2, 0.25) is 0 Å². The largest absolute Gasteiger partial charge is 0.395 e. The van der Waals surface area contributed by atoms with Gasteiger partial charge in [-0.1, -0.05) is 0 Å². The third-order valence-corrected chi connectivity index (χ3v) is 5.51. The lowest BCUT2D eigenvalue weighted by Gasteiger charge is -2.48. The van der Waals surface area contributed by atoms with Crippen molar-refractivity contribution >= 4 is 11.8 Å². The van der Waals surface area contributed by atoms with E-state index < -0.39 is 0 Å². The van der Waals surface area contributed by atoms with E-state index in [9.17, 15) is 14.7 Å². The average molecular weight is 345 g/mol. The summed E-state index contributed by atoms with van der Waals surface area (Å²) in [4.78, 5) is 32.4. The molecule has 2 amide bonds. The van der Waals surface area contributed by atoms with E-state index in [1.807, 2.05) is 17.0 Å². The Morgan fingerprint density at radius 1 is 1.24 bits per heavy atom. The number of nitrogens with zero attached hydrogens (tertiary/aromatic N) is 3. The van der Waals surface area contributed by atoms with Gasteiger partial charge in [0.1, 0.15) is 0 Å². The Labute approximate surface area is 148 Å². The Morgan fingerprint density at radius 2 is 2.04 bits per heavy atom. The number of hydrogen-bond donors (Lipinski definition) is 1. The summed E-state index contributed by atoms with van der Waals surface area (Å²) in [6.45, 7) is 2.61. The first-order chi connectivity index (χ1) is 12.1. The molecule has 2 fully saturated rings. The Balaban J connectivity index is 1.58. The number of aromatic nitrogens is 1. The van der Waals surface area contributed by atoms with Gasteiger partial charge in [-0.2, -0.15) is 0 Å². The molecule has 0 aromatic carbocycles. The highest BCUT2D eigenvalue weighted by atomic mass is 16.3. The van der Waals surface area contributed by atoms with Gasteiger partial charge in [-0.15, -0.1) is 0 Å². The van der Waals surface area contributed by atoms with Gasteiger partial charge in [0.25, 0.3) is 0 Å². The van der Waals surface area contributed by atoms with Crippen LogP contribution < -0.4 is 0 Å². The van der Waals surface area contributed by atoms with Gasteiger partial charge in [-0.25, -0.2) is 0 Å². The average Bonchev–Trinajstić information content (AvgIpc) is 2.64. The zero-order valence-corrected chi connectivity index (χ0v) is 14.7. The van der Waals surface area contributed by atoms with Gasteiger partial charge in [0, 0.05) is 56.8 Å². The summed E-state index contributed by atoms with van der Waals surface area (Å²) in [5.41, 5.74) is 1.14. The lowest BCUT2D eigenvalue weighted by Crippen LogP contribution is -2.55. The molecular weight excluding hydrogens is 318 g/mol. The van der Waals surface area contributed by atoms with Crippen molar-refractivity contribution in [3.05, 3.63) is 30.1 Å². The van der Waals surface area contributed by atoms with Crippen molar-refractivity contribution in [1.82, 2.24) is 14.8 Å². The molecule has 1 atom stereocenters. The van der Waals surface area contributed by atoms with Crippen LogP contribution in [0.4, 0.5) is 0 Å². The minimum atomic E-state index is -0.00357. The molecule has 3 heterocycles. The first kappa shape index (κ1) is 17.9. The van der Waals surface area contributed by atoms with Crippen molar-refractivity contribution in [3.8, 4) is 0 Å². The number of pyridine rings is 1. The van der Waals surface area contributed by atoms with Crippen LogP contribution in [0.5, 0.6) is 0 Å². The maximum absolute atomic E-state index is 12.7. The monoisotopic (exact) mass is 345 g/mol. The lowest BCUT2D eigenvalue weighted by molar-refractivity contribution is -0.143. The molecule has 0 saturated carbocycles. The molecule has 1 N–H and O–H groups in total. The SMILES string of the molecule is O=C1CC[C@@]2(CCCN(C(=O)CCc3ccncc3)C2)CN1CCO. The van der Waals surface area contributed by atoms with Crippen molar-refractivity contribution < 1.29 is 14.7 Å². The zero-order valence-electron chi connectivity index (χ0n) is 14.7. The molecule has 0 unspecified atom stereocenters. The molecule has 1 aromatic rings. The molecule has 136 valence electrons. The first-order valence-electron chi connectivity index (χ1n) is 9.17. The minimum absolute atomic E-state index is 0.00357. The molecule has 2 saturated heterocycles. The van der Waals surface area contributed by atoms with Crippen LogP contribution in [0.1, 0.15) is 37.7 Å². The van der Waals surface area contributed by atoms with E-state index in [1.165, 1.54) is 0 Å². The van der Waals surface area contributed by atoms with Crippen LogP contribution in [0.3, 0.4) is 0 Å². The van der Waals surface area contributed by atoms with E-state index in [2.05, 4.69) is 4.98 Å². The predicted molar refractivity (Wildman–Crippen MR) is 93.7 cm³/mol. The van der Waals surface area contributed by atoms with Gasteiger partial charge < -0.3 is 14.9 Å². The molecule has 0 bridgehead atoms. The molecule has 1 aromatic heterocycles. The van der Waals surface area contributed by atoms with Crippen molar-refractivity contribution in [1.29, 1.82) is 0 Å². The number of aliphatic hydroxyl groups excluding tert-OH is 1. The summed E-state index contributed by atoms with van der Waals surface area (Å²) in [5, 5.41) is 9.18. The second kappa shape index (κ2) is 7.95. The van der Waals surface area contributed by atoms with Crippen LogP contribution >= 0.6 is 0 Å². The van der Waals surface area contributed by atoms with Gasteiger partial charge in [0.2, 0.25) is 11.8 Å². The Bertz CT molecular complexity index is 607. The molecule has 1 spiro atoms. The van der Waals surface area contributed by atoms with Crippen molar-refractivity contribution in [2.45, 2.75) is 38.5 Å². The Hall–Kier alpha value is -1.95. The van der Waals surface area contributed by atoms with Gasteiger partial charge in [0.15, 0.2) is 0 Å². The Morgan fingerprint density at radius 3 is 2.80 bits per heavy atom. The number of likely N-dealkylation sites (tertiary alicyclic amines) is 2. The maximum atomic E-state index is 12.7. The number of amides is 2. The fourth-order valence-corrected chi connectivity index (χ4v) is 4.14. The van der Waals surface area contributed by atoms with Crippen LogP contribution in [0.15, 0.2) is 24.5 Å². The lowest BCUT2D eigenvalue weighted by atomic mass is 9.73. The van der Waals surface area contributed by atoms with Crippen LogP contribution in [0, 0.1) is 5.41 Å². The number of aliphatic hydroxyl groups is 1. The first-order valence-corrected chi connectivity index (χ1v) is 9.17. The third kappa shape index (κ3) is 4.37. The number of rotatable bonds is 5.